The van der Waals surface area contributed by atoms with Crippen LogP contribution in [-0.2, 0) is 24.1 Å². The second-order valence-electron chi connectivity index (χ2n) is 7.95. The van der Waals surface area contributed by atoms with Gasteiger partial charge in [0, 0.05) is 12.0 Å². The topological polar surface area (TPSA) is 64.1 Å². The summed E-state index contributed by atoms with van der Waals surface area (Å²) in [7, 11) is 1.69. The van der Waals surface area contributed by atoms with Crippen LogP contribution in [0.15, 0.2) is 18.2 Å². The van der Waals surface area contributed by atoms with E-state index in [0.717, 1.165) is 47.7 Å². The van der Waals surface area contributed by atoms with Gasteiger partial charge >= 0.3 is 0 Å². The highest BCUT2D eigenvalue weighted by molar-refractivity contribution is 5.90. The lowest BCUT2D eigenvalue weighted by atomic mass is 9.87. The van der Waals surface area contributed by atoms with Crippen molar-refractivity contribution in [1.82, 2.24) is 9.97 Å². The molecule has 5 heteroatoms. The third kappa shape index (κ3) is 3.89. The molecule has 28 heavy (non-hydrogen) atoms. The van der Waals surface area contributed by atoms with Crippen LogP contribution in [0.25, 0.3) is 11.3 Å². The van der Waals surface area contributed by atoms with Crippen LogP contribution < -0.4 is 10.1 Å². The summed E-state index contributed by atoms with van der Waals surface area (Å²) in [6, 6.07) is 6.13. The number of amides is 1. The number of methoxy groups -OCH3 is 1. The highest BCUT2D eigenvalue weighted by atomic mass is 16.5. The van der Waals surface area contributed by atoms with Gasteiger partial charge < -0.3 is 10.1 Å². The first kappa shape index (κ1) is 18.9. The predicted octanol–water partition coefficient (Wildman–Crippen LogP) is 4.72. The van der Waals surface area contributed by atoms with Crippen LogP contribution in [0.5, 0.6) is 5.75 Å². The van der Waals surface area contributed by atoms with Gasteiger partial charge in [-0.2, -0.15) is 0 Å². The van der Waals surface area contributed by atoms with Gasteiger partial charge in [0.15, 0.2) is 5.82 Å². The van der Waals surface area contributed by atoms with Crippen molar-refractivity contribution in [3.05, 3.63) is 35.2 Å². The van der Waals surface area contributed by atoms with E-state index in [4.69, 9.17) is 14.7 Å². The molecule has 0 aliphatic heterocycles. The molecule has 2 aromatic rings. The van der Waals surface area contributed by atoms with E-state index in [1.807, 2.05) is 6.07 Å². The average molecular weight is 380 g/mol. The van der Waals surface area contributed by atoms with Crippen molar-refractivity contribution in [2.75, 3.05) is 12.4 Å². The van der Waals surface area contributed by atoms with Gasteiger partial charge in [-0.3, -0.25) is 4.79 Å². The van der Waals surface area contributed by atoms with Crippen LogP contribution in [0.4, 0.5) is 5.82 Å². The molecule has 1 aromatic carbocycles. The lowest BCUT2D eigenvalue weighted by molar-refractivity contribution is -0.117. The molecule has 5 nitrogen and oxygen atoms in total. The van der Waals surface area contributed by atoms with Crippen LogP contribution in [0, 0.1) is 5.92 Å². The smallest absolute Gasteiger partial charge is 0.225 e. The van der Waals surface area contributed by atoms with Crippen molar-refractivity contribution >= 4 is 11.7 Å². The summed E-state index contributed by atoms with van der Waals surface area (Å²) in [5, 5.41) is 3.07. The fourth-order valence-corrected chi connectivity index (χ4v) is 4.47. The number of nitrogens with zero attached hydrogens (tertiary/aromatic N) is 2. The van der Waals surface area contributed by atoms with Crippen LogP contribution >= 0.6 is 0 Å². The molecule has 1 aromatic heterocycles. The Bertz CT molecular complexity index is 872. The Hall–Kier alpha value is -2.43. The molecule has 0 bridgehead atoms. The quantitative estimate of drug-likeness (QED) is 0.816. The fourth-order valence-electron chi connectivity index (χ4n) is 4.47. The van der Waals surface area contributed by atoms with Gasteiger partial charge in [-0.25, -0.2) is 9.97 Å². The van der Waals surface area contributed by atoms with E-state index < -0.39 is 0 Å². The van der Waals surface area contributed by atoms with Crippen LogP contribution in [0.3, 0.4) is 0 Å². The first-order valence-corrected chi connectivity index (χ1v) is 10.5. The number of benzene rings is 1. The van der Waals surface area contributed by atoms with E-state index in [0.29, 0.717) is 18.2 Å². The Labute approximate surface area is 166 Å². The maximum atomic E-state index is 12.6. The second kappa shape index (κ2) is 8.29. The highest BCUT2D eigenvalue weighted by Gasteiger charge is 2.23. The monoisotopic (exact) mass is 379 g/mol. The zero-order valence-electron chi connectivity index (χ0n) is 16.9. The van der Waals surface area contributed by atoms with Crippen molar-refractivity contribution in [1.29, 1.82) is 0 Å². The lowest BCUT2D eigenvalue weighted by Gasteiger charge is -2.22. The van der Waals surface area contributed by atoms with E-state index in [1.54, 1.807) is 7.11 Å². The average Bonchev–Trinajstić information content (AvgIpc) is 2.73. The van der Waals surface area contributed by atoms with E-state index in [-0.39, 0.29) is 5.91 Å². The normalized spacial score (nSPS) is 16.2. The first-order chi connectivity index (χ1) is 13.7. The number of ether oxygens (including phenoxy) is 1. The summed E-state index contributed by atoms with van der Waals surface area (Å²) < 4.78 is 5.35. The van der Waals surface area contributed by atoms with E-state index >= 15 is 0 Å². The highest BCUT2D eigenvalue weighted by Crippen LogP contribution is 2.35. The van der Waals surface area contributed by atoms with E-state index in [1.165, 1.54) is 37.7 Å². The Kier molecular flexibility index (Phi) is 5.60. The molecule has 0 unspecified atom stereocenters. The number of fused-ring (bicyclic) bond motifs is 3. The van der Waals surface area contributed by atoms with Gasteiger partial charge in [0.2, 0.25) is 5.91 Å². The minimum absolute atomic E-state index is 0.0804. The molecule has 2 aliphatic carbocycles. The van der Waals surface area contributed by atoms with Crippen molar-refractivity contribution in [2.24, 2.45) is 5.92 Å². The summed E-state index contributed by atoms with van der Waals surface area (Å²) in [5.74, 6) is 2.12. The number of aromatic nitrogens is 2. The molecule has 4 rings (SSSR count). The molecule has 0 radical (unpaired) electrons. The second-order valence-corrected chi connectivity index (χ2v) is 7.95. The molecule has 1 fully saturated rings. The number of carbonyl (C=O) groups excluding carboxylic acids is 1. The van der Waals surface area contributed by atoms with Gasteiger partial charge in [0.05, 0.1) is 24.2 Å². The first-order valence-electron chi connectivity index (χ1n) is 10.5. The summed E-state index contributed by atoms with van der Waals surface area (Å²) in [4.78, 5) is 22.3. The van der Waals surface area contributed by atoms with Gasteiger partial charge in [-0.05, 0) is 61.8 Å². The largest absolute Gasteiger partial charge is 0.497 e. The summed E-state index contributed by atoms with van der Waals surface area (Å²) in [6.07, 6.45) is 9.24. The Morgan fingerprint density at radius 3 is 2.75 bits per heavy atom. The Balaban J connectivity index is 1.57. The van der Waals surface area contributed by atoms with E-state index in [2.05, 4.69) is 24.4 Å². The molecule has 1 amide bonds. The Morgan fingerprint density at radius 2 is 2.00 bits per heavy atom. The zero-order valence-corrected chi connectivity index (χ0v) is 16.9. The molecule has 148 valence electrons. The zero-order chi connectivity index (χ0) is 19.5. The number of anilines is 1. The fraction of sp³-hybridized carbons (Fsp3) is 0.522. The van der Waals surface area contributed by atoms with Gasteiger partial charge in [-0.1, -0.05) is 26.2 Å². The van der Waals surface area contributed by atoms with Crippen LogP contribution in [0.2, 0.25) is 0 Å². The number of hydrogen-bond acceptors (Lipinski definition) is 4. The molecule has 2 aliphatic rings. The SMILES string of the molecule is CCc1nc2c(nc1NC(=O)CC1CCCCC1)CCc1cc(OC)ccc1-2. The van der Waals surface area contributed by atoms with Gasteiger partial charge in [-0.15, -0.1) is 0 Å². The minimum Gasteiger partial charge on any atom is -0.497 e. The van der Waals surface area contributed by atoms with E-state index in [9.17, 15) is 4.79 Å². The number of aryl methyl sites for hydroxylation is 3. The molecule has 1 saturated carbocycles. The lowest BCUT2D eigenvalue weighted by Crippen LogP contribution is -2.21. The van der Waals surface area contributed by atoms with Gasteiger partial charge in [0.1, 0.15) is 5.75 Å². The number of nitrogens with one attached hydrogen (secondary N) is 1. The maximum Gasteiger partial charge on any atom is 0.225 e. The molecule has 0 spiro atoms. The number of rotatable bonds is 5. The standard InChI is InChI=1S/C23H29N3O2/c1-3-19-23(26-21(27)13-15-7-5-4-6-8-15)25-20-12-9-16-14-17(28-2)10-11-18(16)22(20)24-19/h10-11,14-15H,3-9,12-13H2,1-2H3,(H,25,26,27). The predicted molar refractivity (Wildman–Crippen MR) is 111 cm³/mol. The molecular weight excluding hydrogens is 350 g/mol. The number of carbonyl (C=O) groups is 1. The van der Waals surface area contributed by atoms with Crippen LogP contribution in [-0.4, -0.2) is 23.0 Å². The third-order valence-corrected chi connectivity index (χ3v) is 6.03. The summed E-state index contributed by atoms with van der Waals surface area (Å²) in [5.41, 5.74) is 5.16. The number of hydrogen-bond donors (Lipinski definition) is 1. The molecule has 1 heterocycles. The maximum absolute atomic E-state index is 12.6. The minimum atomic E-state index is 0.0804. The molecule has 0 atom stereocenters. The molecule has 1 N–H and O–H groups in total. The van der Waals surface area contributed by atoms with Crippen molar-refractivity contribution in [3.8, 4) is 17.0 Å². The van der Waals surface area contributed by atoms with Crippen molar-refractivity contribution in [3.63, 3.8) is 0 Å². The van der Waals surface area contributed by atoms with Crippen LogP contribution in [0.1, 0.15) is 62.4 Å². The molecular formula is C23H29N3O2. The summed E-state index contributed by atoms with van der Waals surface area (Å²) in [6.45, 7) is 2.06. The Morgan fingerprint density at radius 1 is 1.18 bits per heavy atom. The summed E-state index contributed by atoms with van der Waals surface area (Å²) >= 11 is 0. The third-order valence-electron chi connectivity index (χ3n) is 6.03. The van der Waals surface area contributed by atoms with Crippen molar-refractivity contribution in [2.45, 2.75) is 64.7 Å². The van der Waals surface area contributed by atoms with Crippen molar-refractivity contribution < 1.29 is 9.53 Å². The van der Waals surface area contributed by atoms with Gasteiger partial charge in [0.25, 0.3) is 0 Å². The molecule has 0 saturated heterocycles.